The first-order valence-electron chi connectivity index (χ1n) is 13.0. The zero-order chi connectivity index (χ0) is 18.8. The van der Waals surface area contributed by atoms with Crippen LogP contribution in [-0.4, -0.2) is 8.07 Å². The van der Waals surface area contributed by atoms with Crippen LogP contribution in [0.15, 0.2) is 0 Å². The summed E-state index contributed by atoms with van der Waals surface area (Å²) in [5.41, 5.74) is 2.46. The molecule has 5 aliphatic rings. The summed E-state index contributed by atoms with van der Waals surface area (Å²) in [4.78, 5) is 0. The van der Waals surface area contributed by atoms with Gasteiger partial charge in [0.2, 0.25) is 0 Å². The molecule has 1 aliphatic heterocycles. The topological polar surface area (TPSA) is 0 Å². The molecule has 154 valence electrons. The highest BCUT2D eigenvalue weighted by Crippen LogP contribution is 2.68. The molecule has 0 amide bonds. The van der Waals surface area contributed by atoms with Crippen LogP contribution in [0.5, 0.6) is 0 Å². The van der Waals surface area contributed by atoms with E-state index >= 15 is 0 Å². The molecule has 0 aromatic heterocycles. The van der Waals surface area contributed by atoms with Crippen molar-refractivity contribution in [2.45, 2.75) is 115 Å². The molecule has 4 aliphatic carbocycles. The van der Waals surface area contributed by atoms with Crippen LogP contribution in [0.2, 0.25) is 23.2 Å². The van der Waals surface area contributed by atoms with Gasteiger partial charge in [-0.25, -0.2) is 0 Å². The fourth-order valence-electron chi connectivity index (χ4n) is 10.3. The van der Waals surface area contributed by atoms with E-state index in [9.17, 15) is 0 Å². The van der Waals surface area contributed by atoms with Crippen LogP contribution >= 0.6 is 0 Å². The molecule has 27 heavy (non-hydrogen) atoms. The monoisotopic (exact) mass is 386 g/mol. The molecule has 0 nitrogen and oxygen atoms in total. The molecule has 10 atom stereocenters. The Labute approximate surface area is 170 Å². The number of hydrogen-bond acceptors (Lipinski definition) is 0. The second-order valence-electron chi connectivity index (χ2n) is 12.4. The molecule has 0 spiro atoms. The summed E-state index contributed by atoms with van der Waals surface area (Å²) in [5.74, 6) is 8.68. The molecule has 0 radical (unpaired) electrons. The first-order chi connectivity index (χ1) is 13.0. The lowest BCUT2D eigenvalue weighted by atomic mass is 9.69. The lowest BCUT2D eigenvalue weighted by molar-refractivity contribution is 0.127. The van der Waals surface area contributed by atoms with Gasteiger partial charge in [0.05, 0.1) is 8.07 Å². The van der Waals surface area contributed by atoms with Crippen LogP contribution in [-0.2, 0) is 0 Å². The van der Waals surface area contributed by atoms with E-state index in [-0.39, 0.29) is 0 Å². The first kappa shape index (κ1) is 19.2. The first-order valence-corrected chi connectivity index (χ1v) is 15.6. The van der Waals surface area contributed by atoms with Crippen LogP contribution in [0.4, 0.5) is 0 Å². The van der Waals surface area contributed by atoms with Gasteiger partial charge in [-0.2, -0.15) is 0 Å². The lowest BCUT2D eigenvalue weighted by Crippen LogP contribution is -2.49. The summed E-state index contributed by atoms with van der Waals surface area (Å²) in [6, 6.07) is 3.49. The third-order valence-corrected chi connectivity index (χ3v) is 18.4. The van der Waals surface area contributed by atoms with Crippen molar-refractivity contribution < 1.29 is 0 Å². The summed E-state index contributed by atoms with van der Waals surface area (Å²) < 4.78 is 0. The summed E-state index contributed by atoms with van der Waals surface area (Å²) in [7, 11) is -1.13. The largest absolute Gasteiger partial charge is 0.0622 e. The average Bonchev–Trinajstić information content (AvgIpc) is 3.38. The van der Waals surface area contributed by atoms with Gasteiger partial charge < -0.3 is 0 Å². The van der Waals surface area contributed by atoms with Gasteiger partial charge in [0.15, 0.2) is 0 Å². The van der Waals surface area contributed by atoms with Crippen molar-refractivity contribution in [1.82, 2.24) is 0 Å². The lowest BCUT2D eigenvalue weighted by Gasteiger charge is -2.51. The van der Waals surface area contributed by atoms with Crippen molar-refractivity contribution in [1.29, 1.82) is 0 Å². The molecule has 5 rings (SSSR count). The average molecular weight is 387 g/mol. The minimum atomic E-state index is -1.13. The molecule has 0 N–H and O–H groups in total. The Morgan fingerprint density at radius 3 is 1.33 bits per heavy atom. The molecule has 1 saturated heterocycles. The van der Waals surface area contributed by atoms with Crippen molar-refractivity contribution in [3.05, 3.63) is 0 Å². The van der Waals surface area contributed by atoms with Crippen LogP contribution in [0.3, 0.4) is 0 Å². The summed E-state index contributed by atoms with van der Waals surface area (Å²) in [6.07, 6.45) is 15.9. The second-order valence-corrected chi connectivity index (χ2v) is 17.3. The second kappa shape index (κ2) is 7.17. The van der Waals surface area contributed by atoms with Gasteiger partial charge in [0.25, 0.3) is 0 Å². The maximum Gasteiger partial charge on any atom is 0.0603 e. The van der Waals surface area contributed by atoms with Gasteiger partial charge in [-0.1, -0.05) is 91.1 Å². The van der Waals surface area contributed by atoms with Crippen molar-refractivity contribution >= 4 is 8.07 Å². The van der Waals surface area contributed by atoms with E-state index < -0.39 is 8.07 Å². The number of rotatable bonds is 2. The number of hydrogen-bond donors (Lipinski definition) is 0. The van der Waals surface area contributed by atoms with Gasteiger partial charge in [0, 0.05) is 0 Å². The van der Waals surface area contributed by atoms with Crippen molar-refractivity contribution in [3.63, 3.8) is 0 Å². The van der Waals surface area contributed by atoms with E-state index in [4.69, 9.17) is 0 Å². The smallest absolute Gasteiger partial charge is 0.0603 e. The van der Waals surface area contributed by atoms with Crippen molar-refractivity contribution in [2.24, 2.45) is 47.3 Å². The normalized spacial score (nSPS) is 54.7. The SMILES string of the molecule is CC1CCC(C)C2C1CCC2[Si]1(C2CCC3C(C)CCC(C)C32)CCCC1. The molecule has 1 heteroatoms. The predicted octanol–water partition coefficient (Wildman–Crippen LogP) is 8.15. The molecule has 1 heterocycles. The minimum Gasteiger partial charge on any atom is -0.0622 e. The number of fused-ring (bicyclic) bond motifs is 2. The summed E-state index contributed by atoms with van der Waals surface area (Å²) in [5, 5.41) is 0. The molecule has 10 unspecified atom stereocenters. The Morgan fingerprint density at radius 2 is 0.889 bits per heavy atom. The highest BCUT2D eigenvalue weighted by molar-refractivity contribution is 6.83. The third kappa shape index (κ3) is 2.87. The molecule has 4 saturated carbocycles. The Balaban J connectivity index is 1.48. The van der Waals surface area contributed by atoms with E-state index in [1.807, 2.05) is 0 Å². The van der Waals surface area contributed by atoms with Gasteiger partial charge >= 0.3 is 0 Å². The molecule has 0 bridgehead atoms. The molecular weight excluding hydrogens is 340 g/mol. The van der Waals surface area contributed by atoms with Crippen molar-refractivity contribution in [2.75, 3.05) is 0 Å². The van der Waals surface area contributed by atoms with Crippen molar-refractivity contribution in [3.8, 4) is 0 Å². The Kier molecular flexibility index (Phi) is 5.10. The van der Waals surface area contributed by atoms with E-state index in [0.29, 0.717) is 0 Å². The van der Waals surface area contributed by atoms with E-state index in [2.05, 4.69) is 27.7 Å². The summed E-state index contributed by atoms with van der Waals surface area (Å²) >= 11 is 0. The van der Waals surface area contributed by atoms with Gasteiger partial charge in [-0.15, -0.1) is 0 Å². The maximum atomic E-state index is 2.67. The van der Waals surface area contributed by atoms with Gasteiger partial charge in [-0.3, -0.25) is 0 Å². The Bertz CT molecular complexity index is 492. The van der Waals surface area contributed by atoms with E-state index in [1.165, 1.54) is 23.9 Å². The van der Waals surface area contributed by atoms with Crippen LogP contribution in [0, 0.1) is 47.3 Å². The van der Waals surface area contributed by atoms with E-state index in [0.717, 1.165) is 47.3 Å². The quantitative estimate of drug-likeness (QED) is 0.420. The van der Waals surface area contributed by atoms with Gasteiger partial charge in [0.1, 0.15) is 0 Å². The summed E-state index contributed by atoms with van der Waals surface area (Å²) in [6.45, 7) is 10.6. The standard InChI is InChI=1S/C26H46Si/c1-17-7-9-19(3)25-21(17)11-13-23(25)27(15-5-6-16-27)24-14-12-22-18(2)8-10-20(4)26(22)24/h17-26H,5-16H2,1-4H3. The zero-order valence-corrected chi connectivity index (χ0v) is 19.8. The predicted molar refractivity (Wildman–Crippen MR) is 120 cm³/mol. The van der Waals surface area contributed by atoms with E-state index in [1.54, 1.807) is 63.5 Å². The molecule has 5 fully saturated rings. The third-order valence-electron chi connectivity index (χ3n) is 11.5. The fraction of sp³-hybridized carbons (Fsp3) is 1.00. The minimum absolute atomic E-state index is 1.04. The van der Waals surface area contributed by atoms with Crippen LogP contribution in [0.1, 0.15) is 91.9 Å². The maximum absolute atomic E-state index is 2.67. The zero-order valence-electron chi connectivity index (χ0n) is 18.8. The Hall–Kier alpha value is 0.217. The molecule has 0 aromatic carbocycles. The molecular formula is C26H46Si. The highest BCUT2D eigenvalue weighted by Gasteiger charge is 2.61. The van der Waals surface area contributed by atoms with Gasteiger partial charge in [-0.05, 0) is 71.3 Å². The highest BCUT2D eigenvalue weighted by atomic mass is 28.3. The Morgan fingerprint density at radius 1 is 0.481 bits per heavy atom. The van der Waals surface area contributed by atoms with Crippen LogP contribution in [0.25, 0.3) is 0 Å². The van der Waals surface area contributed by atoms with Crippen LogP contribution < -0.4 is 0 Å². The molecule has 0 aromatic rings. The fourth-order valence-corrected chi connectivity index (χ4v) is 18.6.